The number of rotatable bonds is 6. The van der Waals surface area contributed by atoms with Crippen molar-refractivity contribution in [2.24, 2.45) is 12.0 Å². The molecule has 4 aromatic rings. The average molecular weight is 562 g/mol. The van der Waals surface area contributed by atoms with Crippen molar-refractivity contribution in [3.63, 3.8) is 0 Å². The van der Waals surface area contributed by atoms with E-state index in [9.17, 15) is 26.7 Å². The van der Waals surface area contributed by atoms with Gasteiger partial charge in [-0.3, -0.25) is 0 Å². The quantitative estimate of drug-likeness (QED) is 0.379. The van der Waals surface area contributed by atoms with Crippen LogP contribution in [0.3, 0.4) is 0 Å². The van der Waals surface area contributed by atoms with E-state index in [1.165, 1.54) is 58.5 Å². The fraction of sp³-hybridized carbons (Fsp3) is 0.125. The SMILES string of the molecule is Cn1nc(-c2ccc(S(C)(=O)=O)cc2)sc1=Nc1cc(C(=O)O)c(F)c(-c2ccc(S(C)(=O)=O)cc2)c1. The molecule has 13 heteroatoms. The first kappa shape index (κ1) is 26.4. The van der Waals surface area contributed by atoms with Gasteiger partial charge in [-0.25, -0.2) is 35.7 Å². The maximum atomic E-state index is 15.1. The van der Waals surface area contributed by atoms with Crippen LogP contribution in [0.25, 0.3) is 21.7 Å². The minimum atomic E-state index is -3.46. The third kappa shape index (κ3) is 5.68. The van der Waals surface area contributed by atoms with E-state index < -0.39 is 37.0 Å². The number of carbonyl (C=O) groups is 1. The van der Waals surface area contributed by atoms with Crippen LogP contribution < -0.4 is 4.80 Å². The zero-order valence-corrected chi connectivity index (χ0v) is 22.2. The molecule has 1 heterocycles. The molecule has 0 atom stereocenters. The minimum Gasteiger partial charge on any atom is -0.478 e. The number of hydrogen-bond acceptors (Lipinski definition) is 8. The second kappa shape index (κ2) is 9.65. The first-order valence-corrected chi connectivity index (χ1v) is 15.1. The van der Waals surface area contributed by atoms with Crippen molar-refractivity contribution in [3.8, 4) is 21.7 Å². The van der Waals surface area contributed by atoms with E-state index >= 15 is 4.39 Å². The molecule has 192 valence electrons. The molecule has 0 radical (unpaired) electrons. The van der Waals surface area contributed by atoms with Gasteiger partial charge in [0, 0.05) is 30.7 Å². The molecule has 0 amide bonds. The lowest BCUT2D eigenvalue weighted by molar-refractivity contribution is 0.0692. The Morgan fingerprint density at radius 3 is 1.92 bits per heavy atom. The number of aromatic nitrogens is 2. The van der Waals surface area contributed by atoms with E-state index in [2.05, 4.69) is 10.1 Å². The lowest BCUT2D eigenvalue weighted by Crippen LogP contribution is -2.11. The minimum absolute atomic E-state index is 0.0461. The Labute approximate surface area is 216 Å². The zero-order chi connectivity index (χ0) is 27.1. The predicted octanol–water partition coefficient (Wildman–Crippen LogP) is 3.69. The number of aryl methyl sites for hydroxylation is 1. The highest BCUT2D eigenvalue weighted by Gasteiger charge is 2.19. The van der Waals surface area contributed by atoms with Crippen molar-refractivity contribution in [1.29, 1.82) is 0 Å². The summed E-state index contributed by atoms with van der Waals surface area (Å²) in [6, 6.07) is 14.1. The maximum absolute atomic E-state index is 15.1. The molecule has 0 bridgehead atoms. The highest BCUT2D eigenvalue weighted by atomic mass is 32.2. The van der Waals surface area contributed by atoms with Crippen LogP contribution in [-0.2, 0) is 26.7 Å². The summed E-state index contributed by atoms with van der Waals surface area (Å²) in [6.07, 6.45) is 2.17. The lowest BCUT2D eigenvalue weighted by Gasteiger charge is -2.09. The van der Waals surface area contributed by atoms with Crippen molar-refractivity contribution in [2.45, 2.75) is 9.79 Å². The number of aromatic carboxylic acids is 1. The van der Waals surface area contributed by atoms with Crippen LogP contribution in [0.4, 0.5) is 10.1 Å². The van der Waals surface area contributed by atoms with Crippen LogP contribution >= 0.6 is 11.3 Å². The molecule has 0 saturated carbocycles. The van der Waals surface area contributed by atoms with E-state index in [1.54, 1.807) is 19.2 Å². The van der Waals surface area contributed by atoms with Crippen LogP contribution in [0.5, 0.6) is 0 Å². The van der Waals surface area contributed by atoms with Gasteiger partial charge < -0.3 is 5.11 Å². The second-order valence-corrected chi connectivity index (χ2v) is 13.2. The number of carboxylic acids is 1. The van der Waals surface area contributed by atoms with Crippen LogP contribution in [0.15, 0.2) is 75.4 Å². The largest absolute Gasteiger partial charge is 0.478 e. The predicted molar refractivity (Wildman–Crippen MR) is 137 cm³/mol. The topological polar surface area (TPSA) is 136 Å². The lowest BCUT2D eigenvalue weighted by atomic mass is 10.0. The standard InChI is InChI=1S/C24H20FN3O6S3/c1-28-24(35-22(27-28)15-6-10-18(11-7-15)37(3,33)34)26-16-12-19(21(25)20(13-16)23(29)30)14-4-8-17(9-5-14)36(2,31)32/h4-13H,1-3H3,(H,29,30). The first-order valence-electron chi connectivity index (χ1n) is 10.5. The molecule has 3 aromatic carbocycles. The highest BCUT2D eigenvalue weighted by Crippen LogP contribution is 2.31. The first-order chi connectivity index (χ1) is 17.2. The number of benzene rings is 3. The Bertz CT molecular complexity index is 1810. The van der Waals surface area contributed by atoms with Crippen molar-refractivity contribution in [1.82, 2.24) is 9.78 Å². The smallest absolute Gasteiger partial charge is 0.338 e. The molecule has 1 N–H and O–H groups in total. The Kier molecular flexibility index (Phi) is 6.88. The molecular formula is C24H20FN3O6S3. The normalized spacial score (nSPS) is 12.6. The fourth-order valence-corrected chi connectivity index (χ4v) is 5.62. The van der Waals surface area contributed by atoms with E-state index in [-0.39, 0.29) is 26.6 Å². The van der Waals surface area contributed by atoms with E-state index in [1.807, 2.05) is 0 Å². The second-order valence-electron chi connectivity index (χ2n) is 8.18. The molecule has 0 aliphatic rings. The van der Waals surface area contributed by atoms with Crippen LogP contribution in [0, 0.1) is 5.82 Å². The third-order valence-electron chi connectivity index (χ3n) is 5.34. The Morgan fingerprint density at radius 2 is 1.43 bits per heavy atom. The van der Waals surface area contributed by atoms with E-state index in [0.717, 1.165) is 18.6 Å². The van der Waals surface area contributed by atoms with Gasteiger partial charge in [0.1, 0.15) is 10.8 Å². The number of hydrogen-bond donors (Lipinski definition) is 1. The van der Waals surface area contributed by atoms with Crippen LogP contribution in [-0.4, -0.2) is 50.2 Å². The number of nitrogens with zero attached hydrogens (tertiary/aromatic N) is 3. The number of carboxylic acid groups (broad SMARTS) is 1. The summed E-state index contributed by atoms with van der Waals surface area (Å²) in [5, 5.41) is 14.5. The van der Waals surface area contributed by atoms with Gasteiger partial charge in [0.15, 0.2) is 19.7 Å². The van der Waals surface area contributed by atoms with Gasteiger partial charge in [0.2, 0.25) is 4.80 Å². The number of halogens is 1. The molecule has 9 nitrogen and oxygen atoms in total. The highest BCUT2D eigenvalue weighted by molar-refractivity contribution is 7.91. The van der Waals surface area contributed by atoms with Gasteiger partial charge >= 0.3 is 5.97 Å². The molecule has 0 saturated heterocycles. The van der Waals surface area contributed by atoms with E-state index in [0.29, 0.717) is 15.4 Å². The van der Waals surface area contributed by atoms with Gasteiger partial charge in [0.25, 0.3) is 0 Å². The zero-order valence-electron chi connectivity index (χ0n) is 19.7. The van der Waals surface area contributed by atoms with Crippen molar-refractivity contribution in [3.05, 3.63) is 76.8 Å². The summed E-state index contributed by atoms with van der Waals surface area (Å²) in [4.78, 5) is 16.8. The van der Waals surface area contributed by atoms with E-state index in [4.69, 9.17) is 0 Å². The molecule has 0 aliphatic heterocycles. The monoisotopic (exact) mass is 561 g/mol. The summed E-state index contributed by atoms with van der Waals surface area (Å²) < 4.78 is 63.5. The third-order valence-corrected chi connectivity index (χ3v) is 8.65. The summed E-state index contributed by atoms with van der Waals surface area (Å²) >= 11 is 1.17. The Balaban J connectivity index is 1.80. The van der Waals surface area contributed by atoms with Crippen LogP contribution in [0.2, 0.25) is 0 Å². The van der Waals surface area contributed by atoms with Gasteiger partial charge in [-0.05, 0) is 42.0 Å². The fourth-order valence-electron chi connectivity index (χ4n) is 3.44. The molecule has 0 fully saturated rings. The molecule has 0 aliphatic carbocycles. The molecular weight excluding hydrogens is 541 g/mol. The molecule has 37 heavy (non-hydrogen) atoms. The maximum Gasteiger partial charge on any atom is 0.338 e. The Hall–Kier alpha value is -3.68. The Morgan fingerprint density at radius 1 is 0.919 bits per heavy atom. The molecule has 4 rings (SSSR count). The molecule has 0 spiro atoms. The van der Waals surface area contributed by atoms with Gasteiger partial charge in [-0.2, -0.15) is 5.10 Å². The molecule has 1 aromatic heterocycles. The summed E-state index contributed by atoms with van der Waals surface area (Å²) in [7, 11) is -5.17. The van der Waals surface area contributed by atoms with Crippen molar-refractivity contribution >= 4 is 42.7 Å². The molecule has 0 unspecified atom stereocenters. The van der Waals surface area contributed by atoms with Crippen LogP contribution in [0.1, 0.15) is 10.4 Å². The van der Waals surface area contributed by atoms with Gasteiger partial charge in [-0.15, -0.1) is 0 Å². The van der Waals surface area contributed by atoms with Gasteiger partial charge in [-0.1, -0.05) is 35.6 Å². The van der Waals surface area contributed by atoms with Crippen molar-refractivity contribution in [2.75, 3.05) is 12.5 Å². The average Bonchev–Trinajstić information content (AvgIpc) is 3.19. The van der Waals surface area contributed by atoms with Crippen molar-refractivity contribution < 1.29 is 31.1 Å². The number of sulfone groups is 2. The summed E-state index contributed by atoms with van der Waals surface area (Å²) in [5.41, 5.74) is 0.449. The van der Waals surface area contributed by atoms with Gasteiger partial charge in [0.05, 0.1) is 21.0 Å². The summed E-state index contributed by atoms with van der Waals surface area (Å²) in [6.45, 7) is 0. The summed E-state index contributed by atoms with van der Waals surface area (Å²) in [5.74, 6) is -2.46.